The lowest BCUT2D eigenvalue weighted by Crippen LogP contribution is -2.16. The zero-order valence-corrected chi connectivity index (χ0v) is 8.72. The minimum atomic E-state index is -0.307. The van der Waals surface area contributed by atoms with Crippen molar-refractivity contribution < 1.29 is 4.39 Å². The molecule has 0 saturated carbocycles. The third-order valence-electron chi connectivity index (χ3n) is 1.84. The van der Waals surface area contributed by atoms with Crippen LogP contribution < -0.4 is 11.5 Å². The third kappa shape index (κ3) is 2.76. The van der Waals surface area contributed by atoms with E-state index in [9.17, 15) is 4.39 Å². The molecule has 1 atom stereocenters. The molecule has 0 aliphatic rings. The molecule has 2 nitrogen and oxygen atoms in total. The average Bonchev–Trinajstić information content (AvgIpc) is 2.04. The maximum atomic E-state index is 13.3. The average molecular weight is 247 g/mol. The molecule has 0 amide bonds. The van der Waals surface area contributed by atoms with Gasteiger partial charge in [-0.25, -0.2) is 4.39 Å². The van der Waals surface area contributed by atoms with Crippen molar-refractivity contribution in [2.75, 3.05) is 6.54 Å². The van der Waals surface area contributed by atoms with E-state index in [-0.39, 0.29) is 11.9 Å². The minimum absolute atomic E-state index is 0.282. The van der Waals surface area contributed by atoms with Gasteiger partial charge in [0.05, 0.1) is 0 Å². The molecule has 0 heterocycles. The summed E-state index contributed by atoms with van der Waals surface area (Å²) in [5.74, 6) is -0.282. The van der Waals surface area contributed by atoms with Crippen LogP contribution in [0.3, 0.4) is 0 Å². The number of nitrogens with two attached hydrogens (primary N) is 2. The van der Waals surface area contributed by atoms with Crippen molar-refractivity contribution in [3.63, 3.8) is 0 Å². The van der Waals surface area contributed by atoms with E-state index in [4.69, 9.17) is 11.5 Å². The monoisotopic (exact) mass is 246 g/mol. The molecule has 0 aliphatic carbocycles. The van der Waals surface area contributed by atoms with Gasteiger partial charge in [-0.05, 0) is 25.1 Å². The molecule has 4 heteroatoms. The predicted octanol–water partition coefficient (Wildman–Crippen LogP) is 1.94. The first kappa shape index (κ1) is 10.6. The zero-order valence-electron chi connectivity index (χ0n) is 7.13. The fourth-order valence-electron chi connectivity index (χ4n) is 1.14. The van der Waals surface area contributed by atoms with Gasteiger partial charge in [-0.1, -0.05) is 22.0 Å². The quantitative estimate of drug-likeness (QED) is 0.857. The summed E-state index contributed by atoms with van der Waals surface area (Å²) in [7, 11) is 0. The van der Waals surface area contributed by atoms with E-state index in [1.54, 1.807) is 12.1 Å². The summed E-state index contributed by atoms with van der Waals surface area (Å²) in [5.41, 5.74) is 11.6. The molecule has 0 aromatic heterocycles. The smallest absolute Gasteiger partial charge is 0.129 e. The topological polar surface area (TPSA) is 52.0 Å². The lowest BCUT2D eigenvalue weighted by atomic mass is 10.0. The SMILES string of the molecule is NCC[C@H](N)c1ccc(Br)cc1F. The first-order valence-corrected chi connectivity index (χ1v) is 4.85. The Kier molecular flexibility index (Phi) is 3.84. The molecule has 1 aromatic carbocycles. The predicted molar refractivity (Wildman–Crippen MR) is 54.7 cm³/mol. The van der Waals surface area contributed by atoms with Crippen LogP contribution in [0.15, 0.2) is 22.7 Å². The Hall–Kier alpha value is -0.450. The summed E-state index contributed by atoms with van der Waals surface area (Å²) >= 11 is 3.18. The van der Waals surface area contributed by atoms with E-state index in [2.05, 4.69) is 15.9 Å². The maximum Gasteiger partial charge on any atom is 0.129 e. The number of hydrogen-bond donors (Lipinski definition) is 2. The molecule has 1 aromatic rings. The molecule has 13 heavy (non-hydrogen) atoms. The molecule has 0 spiro atoms. The Labute approximate surface area is 85.2 Å². The van der Waals surface area contributed by atoms with Gasteiger partial charge < -0.3 is 11.5 Å². The molecule has 72 valence electrons. The van der Waals surface area contributed by atoms with Crippen molar-refractivity contribution in [3.05, 3.63) is 34.1 Å². The van der Waals surface area contributed by atoms with Crippen LogP contribution >= 0.6 is 15.9 Å². The van der Waals surface area contributed by atoms with Gasteiger partial charge in [0.2, 0.25) is 0 Å². The van der Waals surface area contributed by atoms with Crippen LogP contribution in [0.2, 0.25) is 0 Å². The fourth-order valence-corrected chi connectivity index (χ4v) is 1.47. The minimum Gasteiger partial charge on any atom is -0.330 e. The number of hydrogen-bond acceptors (Lipinski definition) is 2. The molecule has 0 unspecified atom stereocenters. The van der Waals surface area contributed by atoms with Crippen LogP contribution in [0.25, 0.3) is 0 Å². The second-order valence-corrected chi connectivity index (χ2v) is 3.77. The van der Waals surface area contributed by atoms with Crippen LogP contribution in [0, 0.1) is 5.82 Å². The molecule has 0 radical (unpaired) electrons. The Bertz CT molecular complexity index is 291. The van der Waals surface area contributed by atoms with Crippen molar-refractivity contribution in [3.8, 4) is 0 Å². The van der Waals surface area contributed by atoms with Crippen LogP contribution in [-0.2, 0) is 0 Å². The van der Waals surface area contributed by atoms with Gasteiger partial charge in [-0.2, -0.15) is 0 Å². The Balaban J connectivity index is 2.88. The number of rotatable bonds is 3. The molecule has 0 fully saturated rings. The van der Waals surface area contributed by atoms with Crippen LogP contribution in [-0.4, -0.2) is 6.54 Å². The van der Waals surface area contributed by atoms with Gasteiger partial charge in [0.1, 0.15) is 5.82 Å². The van der Waals surface area contributed by atoms with E-state index < -0.39 is 0 Å². The lowest BCUT2D eigenvalue weighted by molar-refractivity contribution is 0.566. The van der Waals surface area contributed by atoms with Gasteiger partial charge in [-0.15, -0.1) is 0 Å². The second-order valence-electron chi connectivity index (χ2n) is 2.85. The summed E-state index contributed by atoms with van der Waals surface area (Å²) in [5, 5.41) is 0. The van der Waals surface area contributed by atoms with Crippen molar-refractivity contribution >= 4 is 15.9 Å². The number of halogens is 2. The summed E-state index contributed by atoms with van der Waals surface area (Å²) in [6.07, 6.45) is 0.596. The van der Waals surface area contributed by atoms with Gasteiger partial charge in [-0.3, -0.25) is 0 Å². The van der Waals surface area contributed by atoms with Crippen molar-refractivity contribution in [2.24, 2.45) is 11.5 Å². The van der Waals surface area contributed by atoms with E-state index >= 15 is 0 Å². The van der Waals surface area contributed by atoms with E-state index in [1.807, 2.05) is 0 Å². The second kappa shape index (κ2) is 4.69. The highest BCUT2D eigenvalue weighted by atomic mass is 79.9. The maximum absolute atomic E-state index is 13.3. The first-order chi connectivity index (χ1) is 6.15. The molecule has 0 saturated heterocycles. The van der Waals surface area contributed by atoms with Crippen molar-refractivity contribution in [1.82, 2.24) is 0 Å². The van der Waals surface area contributed by atoms with Crippen LogP contribution in [0.5, 0.6) is 0 Å². The van der Waals surface area contributed by atoms with Gasteiger partial charge in [0, 0.05) is 16.1 Å². The highest BCUT2D eigenvalue weighted by Gasteiger charge is 2.10. The largest absolute Gasteiger partial charge is 0.330 e. The summed E-state index contributed by atoms with van der Waals surface area (Å²) < 4.78 is 14.0. The summed E-state index contributed by atoms with van der Waals surface area (Å²) in [4.78, 5) is 0. The number of benzene rings is 1. The van der Waals surface area contributed by atoms with Gasteiger partial charge in [0.25, 0.3) is 0 Å². The highest BCUT2D eigenvalue weighted by molar-refractivity contribution is 9.10. The Morgan fingerprint density at radius 1 is 1.46 bits per heavy atom. The zero-order chi connectivity index (χ0) is 9.84. The highest BCUT2D eigenvalue weighted by Crippen LogP contribution is 2.21. The van der Waals surface area contributed by atoms with E-state index in [1.165, 1.54) is 6.07 Å². The molecular weight excluding hydrogens is 235 g/mol. The fraction of sp³-hybridized carbons (Fsp3) is 0.333. The van der Waals surface area contributed by atoms with E-state index in [0.29, 0.717) is 23.0 Å². The molecule has 0 aliphatic heterocycles. The Morgan fingerprint density at radius 3 is 2.69 bits per heavy atom. The summed E-state index contributed by atoms with van der Waals surface area (Å²) in [6, 6.07) is 4.55. The molecule has 0 bridgehead atoms. The van der Waals surface area contributed by atoms with Gasteiger partial charge in [0.15, 0.2) is 0 Å². The Morgan fingerprint density at radius 2 is 2.15 bits per heavy atom. The lowest BCUT2D eigenvalue weighted by Gasteiger charge is -2.11. The van der Waals surface area contributed by atoms with Crippen molar-refractivity contribution in [2.45, 2.75) is 12.5 Å². The van der Waals surface area contributed by atoms with Gasteiger partial charge >= 0.3 is 0 Å². The molecular formula is C9H12BrFN2. The van der Waals surface area contributed by atoms with Crippen molar-refractivity contribution in [1.29, 1.82) is 0 Å². The third-order valence-corrected chi connectivity index (χ3v) is 2.33. The van der Waals surface area contributed by atoms with Crippen LogP contribution in [0.1, 0.15) is 18.0 Å². The first-order valence-electron chi connectivity index (χ1n) is 4.05. The molecule has 4 N–H and O–H groups in total. The van der Waals surface area contributed by atoms with E-state index in [0.717, 1.165) is 0 Å². The summed E-state index contributed by atoms with van der Waals surface area (Å²) in [6.45, 7) is 0.469. The standard InChI is InChI=1S/C9H12BrFN2/c10-6-1-2-7(8(11)5-6)9(13)3-4-12/h1-2,5,9H,3-4,12-13H2/t9-/m0/s1. The molecule has 1 rings (SSSR count). The van der Waals surface area contributed by atoms with Crippen LogP contribution in [0.4, 0.5) is 4.39 Å². The normalized spacial score (nSPS) is 12.9.